The number of carbonyl (C=O) groups is 2. The van der Waals surface area contributed by atoms with E-state index in [4.69, 9.17) is 4.74 Å². The van der Waals surface area contributed by atoms with E-state index in [0.29, 0.717) is 13.0 Å². The van der Waals surface area contributed by atoms with Gasteiger partial charge in [-0.15, -0.1) is 0 Å². The molecule has 222 valence electrons. The topological polar surface area (TPSA) is 70.1 Å². The van der Waals surface area contributed by atoms with Crippen molar-refractivity contribution in [3.05, 3.63) is 82.4 Å². The minimum atomic E-state index is -0.274. The molecular weight excluding hydrogens is 524 g/mol. The Labute approximate surface area is 250 Å². The number of rotatable bonds is 9. The van der Waals surface area contributed by atoms with E-state index >= 15 is 0 Å². The molecule has 3 fully saturated rings. The van der Waals surface area contributed by atoms with E-state index < -0.39 is 0 Å². The number of likely N-dealkylation sites (tertiary alicyclic amines) is 2. The van der Waals surface area contributed by atoms with Crippen molar-refractivity contribution in [2.75, 3.05) is 19.7 Å². The second-order valence-corrected chi connectivity index (χ2v) is 12.5. The van der Waals surface area contributed by atoms with Gasteiger partial charge < -0.3 is 9.84 Å². The molecule has 6 heteroatoms. The van der Waals surface area contributed by atoms with Crippen LogP contribution in [0.4, 0.5) is 0 Å². The summed E-state index contributed by atoms with van der Waals surface area (Å²) in [6, 6.07) is 17.9. The molecule has 2 aromatic rings. The van der Waals surface area contributed by atoms with Gasteiger partial charge in [-0.25, -0.2) is 0 Å². The third-order valence-corrected chi connectivity index (χ3v) is 10.1. The van der Waals surface area contributed by atoms with Gasteiger partial charge in [-0.05, 0) is 73.8 Å². The molecule has 3 heterocycles. The van der Waals surface area contributed by atoms with Crippen LogP contribution < -0.4 is 0 Å². The molecule has 1 aliphatic carbocycles. The molecule has 1 N–H and O–H groups in total. The first-order valence-electron chi connectivity index (χ1n) is 15.9. The van der Waals surface area contributed by atoms with Gasteiger partial charge in [-0.3, -0.25) is 19.4 Å². The Balaban J connectivity index is 1.12. The average Bonchev–Trinajstić information content (AvgIpc) is 3.54. The Hall–Kier alpha value is -3.22. The first-order chi connectivity index (χ1) is 20.5. The van der Waals surface area contributed by atoms with E-state index in [0.717, 1.165) is 63.7 Å². The monoisotopic (exact) mass is 568 g/mol. The molecule has 6 rings (SSSR count). The van der Waals surface area contributed by atoms with Crippen LogP contribution in [0, 0.1) is 17.8 Å². The fourth-order valence-electron chi connectivity index (χ4n) is 7.89. The largest absolute Gasteiger partial charge is 0.508 e. The second kappa shape index (κ2) is 12.6. The maximum Gasteiger partial charge on any atom is 0.234 e. The van der Waals surface area contributed by atoms with Gasteiger partial charge in [0, 0.05) is 31.6 Å². The van der Waals surface area contributed by atoms with E-state index in [-0.39, 0.29) is 47.5 Å². The van der Waals surface area contributed by atoms with Crippen LogP contribution in [-0.4, -0.2) is 58.6 Å². The van der Waals surface area contributed by atoms with Gasteiger partial charge in [0.1, 0.15) is 5.75 Å². The van der Waals surface area contributed by atoms with Gasteiger partial charge >= 0.3 is 0 Å². The molecule has 6 nitrogen and oxygen atoms in total. The molecular formula is C36H44N2O4. The predicted octanol–water partition coefficient (Wildman–Crippen LogP) is 6.36. The number of benzene rings is 2. The SMILES string of the molecule is CCC1=C2[C@@H](CC/C(=C/c3cccc(O)c3)CC)OC[C@@H]2[C@@H]2C(=O)N(C3CCN(Cc4ccccc4)CC3)C(=O)[C@@H]2C1. The number of nitrogens with zero attached hydrogens (tertiary/aromatic N) is 2. The molecule has 2 aromatic carbocycles. The zero-order valence-electron chi connectivity index (χ0n) is 25.0. The van der Waals surface area contributed by atoms with Crippen molar-refractivity contribution in [1.29, 1.82) is 0 Å². The smallest absolute Gasteiger partial charge is 0.234 e. The Bertz CT molecular complexity index is 1360. The van der Waals surface area contributed by atoms with Crippen LogP contribution in [0.5, 0.6) is 5.75 Å². The molecule has 0 radical (unpaired) electrons. The van der Waals surface area contributed by atoms with Crippen LogP contribution in [0.1, 0.15) is 69.9 Å². The fraction of sp³-hybridized carbons (Fsp3) is 0.500. The maximum absolute atomic E-state index is 14.0. The first kappa shape index (κ1) is 28.9. The first-order valence-corrected chi connectivity index (χ1v) is 15.9. The summed E-state index contributed by atoms with van der Waals surface area (Å²) in [6.07, 6.45) is 8.16. The van der Waals surface area contributed by atoms with Crippen molar-refractivity contribution >= 4 is 17.9 Å². The van der Waals surface area contributed by atoms with Gasteiger partial charge in [0.25, 0.3) is 0 Å². The molecule has 42 heavy (non-hydrogen) atoms. The number of phenols is 1. The number of allylic oxidation sites excluding steroid dienone is 2. The predicted molar refractivity (Wildman–Crippen MR) is 164 cm³/mol. The maximum atomic E-state index is 14.0. The lowest BCUT2D eigenvalue weighted by Gasteiger charge is -2.36. The lowest BCUT2D eigenvalue weighted by atomic mass is 9.69. The van der Waals surface area contributed by atoms with Crippen LogP contribution in [0.25, 0.3) is 6.08 Å². The van der Waals surface area contributed by atoms with Gasteiger partial charge in [0.05, 0.1) is 24.5 Å². The third kappa shape index (κ3) is 5.71. The molecule has 4 atom stereocenters. The summed E-state index contributed by atoms with van der Waals surface area (Å²) in [5.41, 5.74) is 6.27. The van der Waals surface area contributed by atoms with Crippen molar-refractivity contribution < 1.29 is 19.4 Å². The van der Waals surface area contributed by atoms with Gasteiger partial charge in [0.15, 0.2) is 0 Å². The standard InChI is InChI=1S/C36H44N2O4/c1-3-24(19-26-11-8-12-29(39)20-26)13-14-32-33-27(4-2)21-30-34(31(33)23-42-32)36(41)38(35(30)40)28-15-17-37(18-16-28)22-25-9-6-5-7-10-25/h5-12,19-20,28,30-32,34,39H,3-4,13-18,21-23H2,1-2H3/b24-19+/t30-,31+,32-,34-/m1/s1. The number of hydrogen-bond donors (Lipinski definition) is 1. The molecule has 0 spiro atoms. The summed E-state index contributed by atoms with van der Waals surface area (Å²) in [5.74, 6) is -0.109. The van der Waals surface area contributed by atoms with Gasteiger partial charge in [-0.1, -0.05) is 73.5 Å². The van der Waals surface area contributed by atoms with E-state index in [1.807, 2.05) is 18.2 Å². The summed E-state index contributed by atoms with van der Waals surface area (Å²) >= 11 is 0. The number of aromatic hydroxyl groups is 1. The van der Waals surface area contributed by atoms with Crippen molar-refractivity contribution in [2.24, 2.45) is 17.8 Å². The molecule has 0 bridgehead atoms. The lowest BCUT2D eigenvalue weighted by Crippen LogP contribution is -2.47. The number of imide groups is 1. The molecule has 3 aliphatic heterocycles. The number of piperidine rings is 1. The van der Waals surface area contributed by atoms with E-state index in [1.165, 1.54) is 22.3 Å². The number of amides is 2. The Morgan fingerprint density at radius 3 is 2.50 bits per heavy atom. The molecule has 2 amide bonds. The summed E-state index contributed by atoms with van der Waals surface area (Å²) in [4.78, 5) is 31.9. The van der Waals surface area contributed by atoms with Crippen LogP contribution in [0.2, 0.25) is 0 Å². The summed E-state index contributed by atoms with van der Waals surface area (Å²) < 4.78 is 6.43. The number of hydrogen-bond acceptors (Lipinski definition) is 5. The van der Waals surface area contributed by atoms with Crippen molar-refractivity contribution in [3.8, 4) is 5.75 Å². The minimum Gasteiger partial charge on any atom is -0.508 e. The van der Waals surface area contributed by atoms with Crippen molar-refractivity contribution in [3.63, 3.8) is 0 Å². The minimum absolute atomic E-state index is 0.00297. The number of ether oxygens (including phenoxy) is 1. The lowest BCUT2D eigenvalue weighted by molar-refractivity contribution is -0.144. The highest BCUT2D eigenvalue weighted by Gasteiger charge is 2.58. The van der Waals surface area contributed by atoms with E-state index in [9.17, 15) is 14.7 Å². The summed E-state index contributed by atoms with van der Waals surface area (Å²) in [5, 5.41) is 9.86. The Morgan fingerprint density at radius 2 is 1.79 bits per heavy atom. The normalized spacial score (nSPS) is 27.1. The number of phenolic OH excluding ortho intramolecular Hbond substituents is 1. The number of fused-ring (bicyclic) bond motifs is 3. The average molecular weight is 569 g/mol. The summed E-state index contributed by atoms with van der Waals surface area (Å²) in [7, 11) is 0. The highest BCUT2D eigenvalue weighted by Crippen LogP contribution is 2.51. The molecule has 0 unspecified atom stereocenters. The van der Waals surface area contributed by atoms with Crippen LogP contribution >= 0.6 is 0 Å². The van der Waals surface area contributed by atoms with E-state index in [1.54, 1.807) is 17.0 Å². The zero-order valence-corrected chi connectivity index (χ0v) is 25.0. The molecule has 0 saturated carbocycles. The highest BCUT2D eigenvalue weighted by molar-refractivity contribution is 6.06. The van der Waals surface area contributed by atoms with Gasteiger partial charge in [-0.2, -0.15) is 0 Å². The number of carbonyl (C=O) groups excluding carboxylic acids is 2. The van der Waals surface area contributed by atoms with Crippen LogP contribution in [-0.2, 0) is 20.9 Å². The second-order valence-electron chi connectivity index (χ2n) is 12.5. The Morgan fingerprint density at radius 1 is 1.00 bits per heavy atom. The Kier molecular flexibility index (Phi) is 8.64. The van der Waals surface area contributed by atoms with E-state index in [2.05, 4.69) is 49.1 Å². The quantitative estimate of drug-likeness (QED) is 0.282. The fourth-order valence-corrected chi connectivity index (χ4v) is 7.89. The van der Waals surface area contributed by atoms with Gasteiger partial charge in [0.2, 0.25) is 11.8 Å². The zero-order chi connectivity index (χ0) is 29.2. The molecule has 3 saturated heterocycles. The van der Waals surface area contributed by atoms with Crippen LogP contribution in [0.3, 0.4) is 0 Å². The third-order valence-electron chi connectivity index (χ3n) is 10.1. The molecule has 0 aromatic heterocycles. The summed E-state index contributed by atoms with van der Waals surface area (Å²) in [6.45, 7) is 7.59. The van der Waals surface area contributed by atoms with Crippen molar-refractivity contribution in [1.82, 2.24) is 9.80 Å². The molecule has 4 aliphatic rings. The van der Waals surface area contributed by atoms with Crippen molar-refractivity contribution in [2.45, 2.75) is 77.5 Å². The van der Waals surface area contributed by atoms with Crippen LogP contribution in [0.15, 0.2) is 71.3 Å². The highest BCUT2D eigenvalue weighted by atomic mass is 16.5.